The number of unbranched alkanes of at least 4 members (excludes halogenated alkanes) is 1. The maximum atomic E-state index is 10.0. The minimum Gasteiger partial charge on any atom is -0.391 e. The Hall–Kier alpha value is -0.240. The van der Waals surface area contributed by atoms with Crippen LogP contribution in [-0.2, 0) is 18.9 Å². The second kappa shape index (κ2) is 10.9. The first kappa shape index (κ1) is 22.1. The van der Waals surface area contributed by atoms with Gasteiger partial charge in [-0.1, -0.05) is 26.7 Å². The van der Waals surface area contributed by atoms with Crippen molar-refractivity contribution < 1.29 is 29.2 Å². The summed E-state index contributed by atoms with van der Waals surface area (Å²) in [7, 11) is 0. The zero-order valence-corrected chi connectivity index (χ0v) is 16.6. The molecular weight excluding hydrogens is 336 g/mol. The Morgan fingerprint density at radius 1 is 0.769 bits per heavy atom. The number of aliphatic hydroxyl groups excluding tert-OH is 2. The molecule has 2 atom stereocenters. The van der Waals surface area contributed by atoms with Crippen LogP contribution in [0.2, 0.25) is 0 Å². The summed E-state index contributed by atoms with van der Waals surface area (Å²) in [6.07, 6.45) is 4.43. The van der Waals surface area contributed by atoms with E-state index < -0.39 is 12.2 Å². The molecule has 26 heavy (non-hydrogen) atoms. The molecule has 0 saturated carbocycles. The summed E-state index contributed by atoms with van der Waals surface area (Å²) in [6, 6.07) is 0. The molecule has 6 nitrogen and oxygen atoms in total. The van der Waals surface area contributed by atoms with Gasteiger partial charge in [-0.05, 0) is 25.7 Å². The first-order valence-corrected chi connectivity index (χ1v) is 10.2. The molecule has 154 valence electrons. The van der Waals surface area contributed by atoms with Gasteiger partial charge < -0.3 is 29.2 Å². The molecule has 0 radical (unpaired) electrons. The van der Waals surface area contributed by atoms with Gasteiger partial charge in [-0.2, -0.15) is 0 Å². The van der Waals surface area contributed by atoms with Crippen molar-refractivity contribution in [2.24, 2.45) is 10.8 Å². The minimum atomic E-state index is -0.429. The van der Waals surface area contributed by atoms with E-state index in [0.717, 1.165) is 52.1 Å². The Labute approximate surface area is 158 Å². The van der Waals surface area contributed by atoms with E-state index in [9.17, 15) is 10.2 Å². The molecule has 2 saturated heterocycles. The van der Waals surface area contributed by atoms with Crippen LogP contribution in [0.1, 0.15) is 52.4 Å². The van der Waals surface area contributed by atoms with Crippen LogP contribution in [0.5, 0.6) is 0 Å². The first-order valence-electron chi connectivity index (χ1n) is 10.2. The van der Waals surface area contributed by atoms with Crippen molar-refractivity contribution in [3.8, 4) is 0 Å². The van der Waals surface area contributed by atoms with Crippen LogP contribution in [0.15, 0.2) is 0 Å². The lowest BCUT2D eigenvalue weighted by Crippen LogP contribution is -2.46. The first-order chi connectivity index (χ1) is 12.5. The number of ether oxygens (including phenoxy) is 4. The lowest BCUT2D eigenvalue weighted by molar-refractivity contribution is -0.156. The standard InChI is InChI=1S/C20H38O6/c1-3-19(13-25-14-19)11-23-9-17(21)7-5-6-8-18(22)10-24-12-20(4-2)15-26-16-20/h17-18,21-22H,3-16H2,1-2H3. The van der Waals surface area contributed by atoms with Gasteiger partial charge in [0.2, 0.25) is 0 Å². The monoisotopic (exact) mass is 374 g/mol. The van der Waals surface area contributed by atoms with Gasteiger partial charge in [-0.25, -0.2) is 0 Å². The zero-order chi connectivity index (χ0) is 18.9. The topological polar surface area (TPSA) is 77.4 Å². The summed E-state index contributed by atoms with van der Waals surface area (Å²) in [4.78, 5) is 0. The molecule has 0 bridgehead atoms. The van der Waals surface area contributed by atoms with Gasteiger partial charge in [-0.15, -0.1) is 0 Å². The average Bonchev–Trinajstić information content (AvgIpc) is 2.56. The third kappa shape index (κ3) is 6.73. The van der Waals surface area contributed by atoms with E-state index in [2.05, 4.69) is 13.8 Å². The molecule has 6 heteroatoms. The van der Waals surface area contributed by atoms with Gasteiger partial charge in [0, 0.05) is 10.8 Å². The molecule has 2 aliphatic heterocycles. The quantitative estimate of drug-likeness (QED) is 0.428. The summed E-state index contributed by atoms with van der Waals surface area (Å²) in [5, 5.41) is 20.0. The number of hydrogen-bond acceptors (Lipinski definition) is 6. The van der Waals surface area contributed by atoms with E-state index in [1.807, 2.05) is 0 Å². The highest BCUT2D eigenvalue weighted by Gasteiger charge is 2.37. The van der Waals surface area contributed by atoms with Gasteiger partial charge >= 0.3 is 0 Å². The van der Waals surface area contributed by atoms with Gasteiger partial charge in [0.05, 0.1) is 65.1 Å². The lowest BCUT2D eigenvalue weighted by atomic mass is 9.84. The maximum Gasteiger partial charge on any atom is 0.0773 e. The fraction of sp³-hybridized carbons (Fsp3) is 1.00. The smallest absolute Gasteiger partial charge is 0.0773 e. The van der Waals surface area contributed by atoms with E-state index in [-0.39, 0.29) is 10.8 Å². The molecule has 0 aliphatic carbocycles. The summed E-state index contributed by atoms with van der Waals surface area (Å²) < 4.78 is 21.9. The summed E-state index contributed by atoms with van der Waals surface area (Å²) in [6.45, 7) is 9.49. The number of rotatable bonds is 15. The third-order valence-corrected chi connectivity index (χ3v) is 5.89. The van der Waals surface area contributed by atoms with Crippen LogP contribution >= 0.6 is 0 Å². The van der Waals surface area contributed by atoms with E-state index in [1.165, 1.54) is 0 Å². The van der Waals surface area contributed by atoms with Gasteiger partial charge in [0.25, 0.3) is 0 Å². The van der Waals surface area contributed by atoms with Crippen molar-refractivity contribution in [1.29, 1.82) is 0 Å². The van der Waals surface area contributed by atoms with Crippen LogP contribution in [0, 0.1) is 10.8 Å². The second-order valence-corrected chi connectivity index (χ2v) is 8.32. The Kier molecular flexibility index (Phi) is 9.27. The van der Waals surface area contributed by atoms with Crippen molar-refractivity contribution in [2.75, 3.05) is 52.9 Å². The lowest BCUT2D eigenvalue weighted by Gasteiger charge is -2.40. The number of hydrogen-bond donors (Lipinski definition) is 2. The molecule has 0 aromatic rings. The van der Waals surface area contributed by atoms with Crippen molar-refractivity contribution in [2.45, 2.75) is 64.6 Å². The molecule has 0 spiro atoms. The predicted octanol–water partition coefficient (Wildman–Crippen LogP) is 2.16. The molecule has 2 N–H and O–H groups in total. The molecule has 2 fully saturated rings. The Morgan fingerprint density at radius 3 is 1.42 bits per heavy atom. The summed E-state index contributed by atoms with van der Waals surface area (Å²) in [5.41, 5.74) is 0.345. The van der Waals surface area contributed by atoms with Crippen molar-refractivity contribution >= 4 is 0 Å². The highest BCUT2D eigenvalue weighted by Crippen LogP contribution is 2.32. The van der Waals surface area contributed by atoms with Crippen LogP contribution in [0.3, 0.4) is 0 Å². The highest BCUT2D eigenvalue weighted by molar-refractivity contribution is 4.84. The van der Waals surface area contributed by atoms with Crippen LogP contribution in [0.25, 0.3) is 0 Å². The predicted molar refractivity (Wildman–Crippen MR) is 99.2 cm³/mol. The Morgan fingerprint density at radius 2 is 1.15 bits per heavy atom. The molecule has 2 heterocycles. The molecule has 2 unspecified atom stereocenters. The Balaban J connectivity index is 1.42. The highest BCUT2D eigenvalue weighted by atomic mass is 16.5. The van der Waals surface area contributed by atoms with E-state index in [1.54, 1.807) is 0 Å². The molecule has 2 aliphatic rings. The molecule has 2 rings (SSSR count). The van der Waals surface area contributed by atoms with Crippen molar-refractivity contribution in [3.05, 3.63) is 0 Å². The normalized spacial score (nSPS) is 23.1. The van der Waals surface area contributed by atoms with Crippen LogP contribution in [0.4, 0.5) is 0 Å². The van der Waals surface area contributed by atoms with E-state index in [4.69, 9.17) is 18.9 Å². The summed E-state index contributed by atoms with van der Waals surface area (Å²) >= 11 is 0. The van der Waals surface area contributed by atoms with Crippen molar-refractivity contribution in [1.82, 2.24) is 0 Å². The fourth-order valence-corrected chi connectivity index (χ4v) is 3.31. The van der Waals surface area contributed by atoms with Crippen molar-refractivity contribution in [3.63, 3.8) is 0 Å². The van der Waals surface area contributed by atoms with Crippen LogP contribution in [-0.4, -0.2) is 75.3 Å². The molecule has 0 aromatic heterocycles. The van der Waals surface area contributed by atoms with Gasteiger partial charge in [-0.3, -0.25) is 0 Å². The third-order valence-electron chi connectivity index (χ3n) is 5.89. The Bertz CT molecular complexity index is 333. The SMILES string of the molecule is CCC1(COCC(O)CCCCC(O)COCC2(CC)COC2)COC1. The zero-order valence-electron chi connectivity index (χ0n) is 16.6. The van der Waals surface area contributed by atoms with E-state index >= 15 is 0 Å². The van der Waals surface area contributed by atoms with Gasteiger partial charge in [0.15, 0.2) is 0 Å². The van der Waals surface area contributed by atoms with Gasteiger partial charge in [0.1, 0.15) is 0 Å². The molecule has 0 amide bonds. The largest absolute Gasteiger partial charge is 0.391 e. The molecular formula is C20H38O6. The summed E-state index contributed by atoms with van der Waals surface area (Å²) in [5.74, 6) is 0. The average molecular weight is 375 g/mol. The number of aliphatic hydroxyl groups is 2. The minimum absolute atomic E-state index is 0.172. The van der Waals surface area contributed by atoms with E-state index in [0.29, 0.717) is 39.3 Å². The second-order valence-electron chi connectivity index (χ2n) is 8.32. The molecule has 0 aromatic carbocycles. The van der Waals surface area contributed by atoms with Crippen LogP contribution < -0.4 is 0 Å². The maximum absolute atomic E-state index is 10.0. The fourth-order valence-electron chi connectivity index (χ4n) is 3.31.